The number of fused-ring (bicyclic) bond motifs is 1. The molecule has 134 valence electrons. The number of benzene rings is 1. The van der Waals surface area contributed by atoms with E-state index in [1.54, 1.807) is 6.07 Å². The van der Waals surface area contributed by atoms with E-state index in [9.17, 15) is 8.78 Å². The van der Waals surface area contributed by atoms with Gasteiger partial charge in [-0.3, -0.25) is 0 Å². The van der Waals surface area contributed by atoms with E-state index in [2.05, 4.69) is 29.4 Å². The molecule has 0 fully saturated rings. The maximum atomic E-state index is 14.1. The van der Waals surface area contributed by atoms with Crippen LogP contribution in [0.5, 0.6) is 0 Å². The zero-order valence-corrected chi connectivity index (χ0v) is 14.5. The lowest BCUT2D eigenvalue weighted by atomic mass is 9.70. The van der Waals surface area contributed by atoms with Gasteiger partial charge < -0.3 is 10.4 Å². The second-order valence-corrected chi connectivity index (χ2v) is 7.03. The van der Waals surface area contributed by atoms with E-state index < -0.39 is 11.6 Å². The minimum Gasteiger partial charge on any atom is -0.395 e. The Hall–Kier alpha value is -1.92. The molecule has 2 atom stereocenters. The first-order valence-corrected chi connectivity index (χ1v) is 8.60. The summed E-state index contributed by atoms with van der Waals surface area (Å²) in [5.74, 6) is -1.01. The van der Waals surface area contributed by atoms with Crippen LogP contribution in [-0.4, -0.2) is 35.0 Å². The van der Waals surface area contributed by atoms with Crippen LogP contribution in [0.1, 0.15) is 43.9 Å². The van der Waals surface area contributed by atoms with Gasteiger partial charge in [0.05, 0.1) is 23.6 Å². The van der Waals surface area contributed by atoms with Crippen LogP contribution in [0.2, 0.25) is 0 Å². The maximum Gasteiger partial charge on any atom is 0.135 e. The summed E-state index contributed by atoms with van der Waals surface area (Å²) in [5, 5.41) is 20.7. The topological polar surface area (TPSA) is 58.0 Å². The van der Waals surface area contributed by atoms with E-state index in [-0.39, 0.29) is 29.2 Å². The predicted molar refractivity (Wildman–Crippen MR) is 92.3 cm³/mol. The van der Waals surface area contributed by atoms with Crippen molar-refractivity contribution in [2.75, 3.05) is 19.7 Å². The van der Waals surface area contributed by atoms with Crippen LogP contribution in [0.15, 0.2) is 24.3 Å². The van der Waals surface area contributed by atoms with Gasteiger partial charge in [0.2, 0.25) is 0 Å². The number of nitrogens with zero attached hydrogens (tertiary/aromatic N) is 2. The molecule has 1 aromatic carbocycles. The molecule has 0 amide bonds. The molecule has 0 bridgehead atoms. The van der Waals surface area contributed by atoms with Crippen molar-refractivity contribution in [1.82, 2.24) is 15.5 Å². The van der Waals surface area contributed by atoms with Crippen LogP contribution in [0.25, 0.3) is 11.3 Å². The second-order valence-electron chi connectivity index (χ2n) is 7.03. The van der Waals surface area contributed by atoms with Gasteiger partial charge in [-0.25, -0.2) is 8.78 Å². The fraction of sp³-hybridized carbons (Fsp3) is 0.474. The number of halogens is 2. The van der Waals surface area contributed by atoms with Gasteiger partial charge in [-0.1, -0.05) is 19.9 Å². The van der Waals surface area contributed by atoms with Crippen molar-refractivity contribution in [3.8, 4) is 11.3 Å². The molecule has 2 N–H and O–H groups in total. The number of hydrogen-bond acceptors (Lipinski definition) is 4. The van der Waals surface area contributed by atoms with Crippen LogP contribution >= 0.6 is 0 Å². The zero-order chi connectivity index (χ0) is 18.0. The third kappa shape index (κ3) is 3.41. The number of aliphatic hydroxyl groups is 1. The molecule has 3 rings (SSSR count). The highest BCUT2D eigenvalue weighted by molar-refractivity contribution is 5.61. The van der Waals surface area contributed by atoms with E-state index in [4.69, 9.17) is 5.11 Å². The highest BCUT2D eigenvalue weighted by atomic mass is 19.1. The van der Waals surface area contributed by atoms with Crippen molar-refractivity contribution in [1.29, 1.82) is 0 Å². The average Bonchev–Trinajstić information content (AvgIpc) is 2.59. The summed E-state index contributed by atoms with van der Waals surface area (Å²) < 4.78 is 28.2. The Morgan fingerprint density at radius 2 is 2.00 bits per heavy atom. The predicted octanol–water partition coefficient (Wildman–Crippen LogP) is 3.16. The summed E-state index contributed by atoms with van der Waals surface area (Å²) >= 11 is 0. The Morgan fingerprint density at radius 1 is 1.28 bits per heavy atom. The number of nitrogens with one attached hydrogen (secondary N) is 1. The summed E-state index contributed by atoms with van der Waals surface area (Å²) in [5.41, 5.74) is 1.75. The van der Waals surface area contributed by atoms with Crippen molar-refractivity contribution in [2.45, 2.75) is 38.0 Å². The van der Waals surface area contributed by atoms with E-state index in [0.717, 1.165) is 24.1 Å². The number of hydrogen-bond donors (Lipinski definition) is 2. The molecule has 1 aliphatic rings. The largest absolute Gasteiger partial charge is 0.395 e. The average molecular weight is 347 g/mol. The number of aromatic nitrogens is 2. The Bertz CT molecular complexity index is 748. The summed E-state index contributed by atoms with van der Waals surface area (Å²) in [6, 6.07) is 5.57. The van der Waals surface area contributed by atoms with E-state index >= 15 is 0 Å². The third-order valence-corrected chi connectivity index (χ3v) is 5.08. The van der Waals surface area contributed by atoms with E-state index in [1.165, 1.54) is 18.2 Å². The molecule has 0 spiro atoms. The third-order valence-electron chi connectivity index (χ3n) is 5.08. The first-order valence-electron chi connectivity index (χ1n) is 8.60. The second kappa shape index (κ2) is 7.14. The van der Waals surface area contributed by atoms with Gasteiger partial charge in [-0.2, -0.15) is 10.2 Å². The van der Waals surface area contributed by atoms with Crippen molar-refractivity contribution >= 4 is 0 Å². The standard InChI is InChI=1S/C19H23F2N3O/c1-12-6-7-19(2,11-22-8-9-25)18-13(12)10-16(23-24-18)17-14(20)4-3-5-15(17)21/h3-5,10,12,22,25H,6-9,11H2,1-2H3/t12-,19+/m0/s1. The van der Waals surface area contributed by atoms with Gasteiger partial charge >= 0.3 is 0 Å². The Balaban J connectivity index is 2.02. The highest BCUT2D eigenvalue weighted by Crippen LogP contribution is 2.42. The summed E-state index contributed by atoms with van der Waals surface area (Å²) in [7, 11) is 0. The number of rotatable bonds is 5. The van der Waals surface area contributed by atoms with Gasteiger partial charge in [0, 0.05) is 18.5 Å². The molecule has 1 aliphatic carbocycles. The molecule has 0 saturated carbocycles. The Morgan fingerprint density at radius 3 is 2.68 bits per heavy atom. The SMILES string of the molecule is C[C@H]1CC[C@](C)(CNCCO)c2nnc(-c3c(F)cccc3F)cc21. The lowest BCUT2D eigenvalue weighted by Crippen LogP contribution is -2.41. The molecule has 25 heavy (non-hydrogen) atoms. The summed E-state index contributed by atoms with van der Waals surface area (Å²) in [6.45, 7) is 5.49. The van der Waals surface area contributed by atoms with Crippen molar-refractivity contribution in [3.05, 3.63) is 47.2 Å². The van der Waals surface area contributed by atoms with Crippen molar-refractivity contribution < 1.29 is 13.9 Å². The maximum absolute atomic E-state index is 14.1. The number of aliphatic hydroxyl groups excluding tert-OH is 1. The van der Waals surface area contributed by atoms with Crippen molar-refractivity contribution in [3.63, 3.8) is 0 Å². The molecule has 0 saturated heterocycles. The zero-order valence-electron chi connectivity index (χ0n) is 14.5. The molecular weight excluding hydrogens is 324 g/mol. The quantitative estimate of drug-likeness (QED) is 0.816. The highest BCUT2D eigenvalue weighted by Gasteiger charge is 2.37. The van der Waals surface area contributed by atoms with Crippen LogP contribution < -0.4 is 5.32 Å². The van der Waals surface area contributed by atoms with Gasteiger partial charge in [0.15, 0.2) is 0 Å². The Kier molecular flexibility index (Phi) is 5.11. The first-order chi connectivity index (χ1) is 12.0. The fourth-order valence-electron chi connectivity index (χ4n) is 3.54. The molecule has 6 heteroatoms. The normalized spacial score (nSPS) is 22.7. The van der Waals surface area contributed by atoms with E-state index in [0.29, 0.717) is 13.1 Å². The minimum atomic E-state index is -0.634. The fourth-order valence-corrected chi connectivity index (χ4v) is 3.54. The van der Waals surface area contributed by atoms with Crippen LogP contribution in [0.4, 0.5) is 8.78 Å². The molecule has 0 unspecified atom stereocenters. The van der Waals surface area contributed by atoms with Gasteiger partial charge in [0.1, 0.15) is 11.6 Å². The van der Waals surface area contributed by atoms with Crippen molar-refractivity contribution in [2.24, 2.45) is 0 Å². The molecule has 4 nitrogen and oxygen atoms in total. The molecule has 0 radical (unpaired) electrons. The van der Waals surface area contributed by atoms with Gasteiger partial charge in [0.25, 0.3) is 0 Å². The molecule has 2 aromatic rings. The van der Waals surface area contributed by atoms with Gasteiger partial charge in [-0.15, -0.1) is 0 Å². The molecule has 0 aliphatic heterocycles. The summed E-state index contributed by atoms with van der Waals surface area (Å²) in [4.78, 5) is 0. The van der Waals surface area contributed by atoms with Crippen LogP contribution in [0, 0.1) is 11.6 Å². The minimum absolute atomic E-state index is 0.0799. The van der Waals surface area contributed by atoms with Crippen LogP contribution in [-0.2, 0) is 5.41 Å². The summed E-state index contributed by atoms with van der Waals surface area (Å²) in [6.07, 6.45) is 1.91. The lowest BCUT2D eigenvalue weighted by Gasteiger charge is -2.37. The smallest absolute Gasteiger partial charge is 0.135 e. The van der Waals surface area contributed by atoms with Crippen LogP contribution in [0.3, 0.4) is 0 Å². The first kappa shape index (κ1) is 17.9. The van der Waals surface area contributed by atoms with E-state index in [1.807, 2.05) is 0 Å². The molecular formula is C19H23F2N3O. The Labute approximate surface area is 146 Å². The molecule has 1 aromatic heterocycles. The monoisotopic (exact) mass is 347 g/mol. The van der Waals surface area contributed by atoms with Gasteiger partial charge in [-0.05, 0) is 42.5 Å². The molecule has 1 heterocycles. The lowest BCUT2D eigenvalue weighted by molar-refractivity contribution is 0.275.